The van der Waals surface area contributed by atoms with Gasteiger partial charge in [-0.1, -0.05) is 42.5 Å². The summed E-state index contributed by atoms with van der Waals surface area (Å²) in [6.07, 6.45) is -4.61. The summed E-state index contributed by atoms with van der Waals surface area (Å²) in [7, 11) is 0. The molecule has 0 aliphatic heterocycles. The molecule has 28 heavy (non-hydrogen) atoms. The average molecular weight is 392 g/mol. The first-order valence-corrected chi connectivity index (χ1v) is 8.88. The molecule has 0 fully saturated rings. The summed E-state index contributed by atoms with van der Waals surface area (Å²) >= 11 is 0. The molecule has 0 unspecified atom stereocenters. The molecule has 7 heteroatoms. The van der Waals surface area contributed by atoms with Gasteiger partial charge in [-0.3, -0.25) is 9.59 Å². The monoisotopic (exact) mass is 392 g/mol. The van der Waals surface area contributed by atoms with Gasteiger partial charge in [0.2, 0.25) is 11.8 Å². The van der Waals surface area contributed by atoms with Gasteiger partial charge in [0.05, 0.1) is 11.3 Å². The van der Waals surface area contributed by atoms with E-state index in [0.717, 1.165) is 11.6 Å². The number of benzene rings is 2. The van der Waals surface area contributed by atoms with Crippen molar-refractivity contribution in [1.29, 1.82) is 0 Å². The van der Waals surface area contributed by atoms with Gasteiger partial charge in [-0.15, -0.1) is 0 Å². The quantitative estimate of drug-likeness (QED) is 0.724. The van der Waals surface area contributed by atoms with Crippen LogP contribution in [0.5, 0.6) is 0 Å². The molecular weight excluding hydrogens is 369 g/mol. The molecule has 1 N–H and O–H groups in total. The number of alkyl halides is 3. The Kier molecular flexibility index (Phi) is 6.48. The number of para-hydroxylation sites is 1. The first-order valence-electron chi connectivity index (χ1n) is 8.88. The van der Waals surface area contributed by atoms with Crippen molar-refractivity contribution in [2.45, 2.75) is 33.5 Å². The van der Waals surface area contributed by atoms with E-state index in [1.165, 1.54) is 36.9 Å². The zero-order chi connectivity index (χ0) is 20.9. The Bertz CT molecular complexity index is 833. The first-order chi connectivity index (χ1) is 13.1. The molecule has 0 saturated carbocycles. The van der Waals surface area contributed by atoms with E-state index in [1.807, 2.05) is 30.3 Å². The molecule has 0 bridgehead atoms. The van der Waals surface area contributed by atoms with Crippen LogP contribution in [-0.2, 0) is 22.3 Å². The van der Waals surface area contributed by atoms with Crippen LogP contribution in [0.25, 0.3) is 0 Å². The molecule has 0 spiro atoms. The Morgan fingerprint density at radius 3 is 2.11 bits per heavy atom. The number of amides is 2. The second kappa shape index (κ2) is 8.46. The zero-order valence-electron chi connectivity index (χ0n) is 16.0. The smallest absolute Gasteiger partial charge is 0.338 e. The van der Waals surface area contributed by atoms with Gasteiger partial charge in [0.15, 0.2) is 0 Å². The average Bonchev–Trinajstić information content (AvgIpc) is 2.65. The maximum atomic E-state index is 13.2. The minimum Gasteiger partial charge on any atom is -0.338 e. The lowest BCUT2D eigenvalue weighted by Crippen LogP contribution is -2.47. The Labute approximate surface area is 162 Å². The van der Waals surface area contributed by atoms with Gasteiger partial charge in [0.25, 0.3) is 0 Å². The summed E-state index contributed by atoms with van der Waals surface area (Å²) in [6.45, 7) is 5.28. The summed E-state index contributed by atoms with van der Waals surface area (Å²) in [5.74, 6) is -1.25. The molecular formula is C21H23F3N2O2. The van der Waals surface area contributed by atoms with E-state index in [-0.39, 0.29) is 5.69 Å². The standard InChI is InChI=1S/C21H23F3N2O2/c1-4-26(14-15-10-6-5-7-11-15)19(28)20(2,3)18(27)25-17-13-9-8-12-16(17)21(22,23)24/h5-13H,4,14H2,1-3H3,(H,25,27). The largest absolute Gasteiger partial charge is 0.418 e. The van der Waals surface area contributed by atoms with E-state index in [2.05, 4.69) is 5.32 Å². The van der Waals surface area contributed by atoms with Crippen LogP contribution in [0.4, 0.5) is 18.9 Å². The normalized spacial score (nSPS) is 11.8. The van der Waals surface area contributed by atoms with Gasteiger partial charge in [-0.05, 0) is 38.5 Å². The molecule has 2 amide bonds. The van der Waals surface area contributed by atoms with Crippen molar-refractivity contribution in [3.63, 3.8) is 0 Å². The topological polar surface area (TPSA) is 49.4 Å². The predicted octanol–water partition coefficient (Wildman–Crippen LogP) is 4.72. The lowest BCUT2D eigenvalue weighted by molar-refractivity contribution is -0.146. The molecule has 0 aliphatic carbocycles. The highest BCUT2D eigenvalue weighted by atomic mass is 19.4. The summed E-state index contributed by atoms with van der Waals surface area (Å²) in [4.78, 5) is 27.2. The summed E-state index contributed by atoms with van der Waals surface area (Å²) in [6, 6.07) is 14.0. The number of carbonyl (C=O) groups excluding carboxylic acids is 2. The van der Waals surface area contributed by atoms with Crippen LogP contribution in [0.1, 0.15) is 31.9 Å². The fourth-order valence-electron chi connectivity index (χ4n) is 2.74. The summed E-state index contributed by atoms with van der Waals surface area (Å²) in [5, 5.41) is 2.27. The fraction of sp³-hybridized carbons (Fsp3) is 0.333. The number of halogens is 3. The molecule has 2 aromatic carbocycles. The number of hydrogen-bond acceptors (Lipinski definition) is 2. The lowest BCUT2D eigenvalue weighted by atomic mass is 9.89. The number of anilines is 1. The van der Waals surface area contributed by atoms with Gasteiger partial charge in [0, 0.05) is 13.1 Å². The van der Waals surface area contributed by atoms with E-state index < -0.39 is 29.0 Å². The van der Waals surface area contributed by atoms with Crippen molar-refractivity contribution in [1.82, 2.24) is 4.90 Å². The molecule has 0 radical (unpaired) electrons. The predicted molar refractivity (Wildman–Crippen MR) is 101 cm³/mol. The third-order valence-corrected chi connectivity index (χ3v) is 4.47. The summed E-state index contributed by atoms with van der Waals surface area (Å²) < 4.78 is 39.5. The Hall–Kier alpha value is -2.83. The minimum absolute atomic E-state index is 0.312. The van der Waals surface area contributed by atoms with Crippen LogP contribution < -0.4 is 5.32 Å². The van der Waals surface area contributed by atoms with Crippen molar-refractivity contribution in [3.8, 4) is 0 Å². The van der Waals surface area contributed by atoms with Crippen molar-refractivity contribution in [3.05, 3.63) is 65.7 Å². The van der Waals surface area contributed by atoms with Gasteiger partial charge in [-0.25, -0.2) is 0 Å². The van der Waals surface area contributed by atoms with Crippen LogP contribution in [0.15, 0.2) is 54.6 Å². The van der Waals surface area contributed by atoms with E-state index >= 15 is 0 Å². The maximum Gasteiger partial charge on any atom is 0.418 e. The van der Waals surface area contributed by atoms with Crippen molar-refractivity contribution in [2.24, 2.45) is 5.41 Å². The van der Waals surface area contributed by atoms with Crippen molar-refractivity contribution >= 4 is 17.5 Å². The Balaban J connectivity index is 2.21. The second-order valence-corrected chi connectivity index (χ2v) is 6.93. The molecule has 0 aromatic heterocycles. The van der Waals surface area contributed by atoms with Crippen LogP contribution in [-0.4, -0.2) is 23.3 Å². The fourth-order valence-corrected chi connectivity index (χ4v) is 2.74. The van der Waals surface area contributed by atoms with E-state index in [4.69, 9.17) is 0 Å². The number of hydrogen-bond donors (Lipinski definition) is 1. The van der Waals surface area contributed by atoms with Crippen molar-refractivity contribution < 1.29 is 22.8 Å². The van der Waals surface area contributed by atoms with E-state index in [9.17, 15) is 22.8 Å². The number of nitrogens with zero attached hydrogens (tertiary/aromatic N) is 1. The van der Waals surface area contributed by atoms with Crippen molar-refractivity contribution in [2.75, 3.05) is 11.9 Å². The first kappa shape index (κ1) is 21.5. The molecule has 2 aromatic rings. The highest BCUT2D eigenvalue weighted by Crippen LogP contribution is 2.35. The van der Waals surface area contributed by atoms with Gasteiger partial charge < -0.3 is 10.2 Å². The van der Waals surface area contributed by atoms with Crippen LogP contribution in [0.3, 0.4) is 0 Å². The van der Waals surface area contributed by atoms with Crippen LogP contribution in [0.2, 0.25) is 0 Å². The number of carbonyl (C=O) groups is 2. The number of rotatable bonds is 6. The molecule has 0 aliphatic rings. The van der Waals surface area contributed by atoms with Crippen LogP contribution >= 0.6 is 0 Å². The van der Waals surface area contributed by atoms with E-state index in [1.54, 1.807) is 6.92 Å². The summed E-state index contributed by atoms with van der Waals surface area (Å²) in [5.41, 5.74) is -1.96. The zero-order valence-corrected chi connectivity index (χ0v) is 16.0. The van der Waals surface area contributed by atoms with Gasteiger partial charge in [0.1, 0.15) is 5.41 Å². The molecule has 2 rings (SSSR count). The Morgan fingerprint density at radius 2 is 1.54 bits per heavy atom. The lowest BCUT2D eigenvalue weighted by Gasteiger charge is -2.30. The molecule has 4 nitrogen and oxygen atoms in total. The van der Waals surface area contributed by atoms with E-state index in [0.29, 0.717) is 13.1 Å². The molecule has 0 saturated heterocycles. The third-order valence-electron chi connectivity index (χ3n) is 4.47. The number of nitrogens with one attached hydrogen (secondary N) is 1. The highest BCUT2D eigenvalue weighted by Gasteiger charge is 2.40. The van der Waals surface area contributed by atoms with Gasteiger partial charge >= 0.3 is 6.18 Å². The molecule has 150 valence electrons. The molecule has 0 heterocycles. The minimum atomic E-state index is -4.61. The SMILES string of the molecule is CCN(Cc1ccccc1)C(=O)C(C)(C)C(=O)Nc1ccccc1C(F)(F)F. The second-order valence-electron chi connectivity index (χ2n) is 6.93. The third kappa shape index (κ3) is 4.91. The Morgan fingerprint density at radius 1 is 0.964 bits per heavy atom. The van der Waals surface area contributed by atoms with Gasteiger partial charge in [-0.2, -0.15) is 13.2 Å². The maximum absolute atomic E-state index is 13.2. The highest BCUT2D eigenvalue weighted by molar-refractivity contribution is 6.10. The van der Waals surface area contributed by atoms with Crippen LogP contribution in [0, 0.1) is 5.41 Å². The molecule has 0 atom stereocenters.